The molecule has 0 fully saturated rings. The van der Waals surface area contributed by atoms with Gasteiger partial charge in [-0.1, -0.05) is 30.3 Å². The van der Waals surface area contributed by atoms with Crippen molar-refractivity contribution in [2.24, 2.45) is 0 Å². The molecule has 1 aromatic carbocycles. The van der Waals surface area contributed by atoms with E-state index in [1.807, 2.05) is 30.3 Å². The molecule has 0 unspecified atom stereocenters. The zero-order chi connectivity index (χ0) is 14.4. The summed E-state index contributed by atoms with van der Waals surface area (Å²) in [5.74, 6) is -1.48. The van der Waals surface area contributed by atoms with Crippen molar-refractivity contribution in [1.29, 1.82) is 0 Å². The van der Waals surface area contributed by atoms with Gasteiger partial charge < -0.3 is 10.4 Å². The normalized spacial score (nSPS) is 11.8. The molecule has 2 N–H and O–H groups in total. The number of rotatable bonds is 6. The van der Waals surface area contributed by atoms with Crippen molar-refractivity contribution < 1.29 is 14.7 Å². The SMILES string of the molecule is O=C(O)C[C@H](CC(=O)Nc1nccs1)c1ccccc1. The fourth-order valence-electron chi connectivity index (χ4n) is 1.92. The van der Waals surface area contributed by atoms with Crippen LogP contribution in [0.5, 0.6) is 0 Å². The number of carbonyl (C=O) groups is 2. The lowest BCUT2D eigenvalue weighted by Gasteiger charge is -2.14. The Bertz CT molecular complexity index is 569. The number of thiazole rings is 1. The Morgan fingerprint density at radius 2 is 2.00 bits per heavy atom. The predicted molar refractivity (Wildman–Crippen MR) is 76.8 cm³/mol. The van der Waals surface area contributed by atoms with Gasteiger partial charge in [0.2, 0.25) is 5.91 Å². The first-order valence-electron chi connectivity index (χ1n) is 6.11. The molecule has 1 amide bonds. The van der Waals surface area contributed by atoms with Crippen LogP contribution >= 0.6 is 11.3 Å². The second-order valence-corrected chi connectivity index (χ2v) is 5.19. The lowest BCUT2D eigenvalue weighted by Crippen LogP contribution is -2.17. The quantitative estimate of drug-likeness (QED) is 0.857. The minimum absolute atomic E-state index is 0.0741. The van der Waals surface area contributed by atoms with Crippen molar-refractivity contribution in [2.45, 2.75) is 18.8 Å². The third kappa shape index (κ3) is 4.17. The minimum Gasteiger partial charge on any atom is -0.481 e. The van der Waals surface area contributed by atoms with E-state index in [0.29, 0.717) is 5.13 Å². The lowest BCUT2D eigenvalue weighted by molar-refractivity contribution is -0.137. The number of benzene rings is 1. The second kappa shape index (κ2) is 6.81. The van der Waals surface area contributed by atoms with Crippen molar-refractivity contribution in [3.8, 4) is 0 Å². The molecule has 1 atom stereocenters. The van der Waals surface area contributed by atoms with E-state index in [9.17, 15) is 9.59 Å². The van der Waals surface area contributed by atoms with Gasteiger partial charge in [-0.2, -0.15) is 0 Å². The molecule has 104 valence electrons. The second-order valence-electron chi connectivity index (χ2n) is 4.30. The Morgan fingerprint density at radius 1 is 1.25 bits per heavy atom. The number of carboxylic acid groups (broad SMARTS) is 1. The zero-order valence-electron chi connectivity index (χ0n) is 10.7. The number of nitrogens with one attached hydrogen (secondary N) is 1. The van der Waals surface area contributed by atoms with E-state index in [0.717, 1.165) is 5.56 Å². The molecular weight excluding hydrogens is 276 g/mol. The summed E-state index contributed by atoms with van der Waals surface area (Å²) in [5, 5.41) is 13.9. The molecule has 20 heavy (non-hydrogen) atoms. The standard InChI is InChI=1S/C14H14N2O3S/c17-12(16-14-15-6-7-20-14)8-11(9-13(18)19)10-4-2-1-3-5-10/h1-7,11H,8-9H2,(H,18,19)(H,15,16,17)/t11-/m0/s1. The Kier molecular flexibility index (Phi) is 4.84. The number of anilines is 1. The van der Waals surface area contributed by atoms with Gasteiger partial charge in [-0.25, -0.2) is 4.98 Å². The average molecular weight is 290 g/mol. The maximum atomic E-state index is 11.9. The molecule has 1 aromatic heterocycles. The maximum Gasteiger partial charge on any atom is 0.303 e. The highest BCUT2D eigenvalue weighted by atomic mass is 32.1. The van der Waals surface area contributed by atoms with E-state index in [1.54, 1.807) is 11.6 Å². The van der Waals surface area contributed by atoms with E-state index in [-0.39, 0.29) is 24.7 Å². The van der Waals surface area contributed by atoms with Gasteiger partial charge >= 0.3 is 5.97 Å². The first kappa shape index (κ1) is 14.2. The molecule has 0 radical (unpaired) electrons. The van der Waals surface area contributed by atoms with Crippen LogP contribution in [0, 0.1) is 0 Å². The third-order valence-electron chi connectivity index (χ3n) is 2.80. The van der Waals surface area contributed by atoms with Crippen LogP contribution in [-0.4, -0.2) is 22.0 Å². The van der Waals surface area contributed by atoms with Crippen molar-refractivity contribution in [3.63, 3.8) is 0 Å². The fourth-order valence-corrected chi connectivity index (χ4v) is 2.47. The zero-order valence-corrected chi connectivity index (χ0v) is 11.5. The first-order chi connectivity index (χ1) is 9.65. The average Bonchev–Trinajstić information content (AvgIpc) is 2.91. The van der Waals surface area contributed by atoms with Crippen LogP contribution in [0.15, 0.2) is 41.9 Å². The third-order valence-corrected chi connectivity index (χ3v) is 3.49. The molecule has 0 aliphatic rings. The summed E-state index contributed by atoms with van der Waals surface area (Å²) >= 11 is 1.33. The highest BCUT2D eigenvalue weighted by Gasteiger charge is 2.19. The van der Waals surface area contributed by atoms with Crippen LogP contribution in [0.4, 0.5) is 5.13 Å². The van der Waals surface area contributed by atoms with Gasteiger partial charge in [-0.15, -0.1) is 11.3 Å². The van der Waals surface area contributed by atoms with Gasteiger partial charge in [0.1, 0.15) is 0 Å². The summed E-state index contributed by atoms with van der Waals surface area (Å²) in [5.41, 5.74) is 0.851. The number of aliphatic carboxylic acids is 1. The molecule has 0 bridgehead atoms. The van der Waals surface area contributed by atoms with Crippen molar-refractivity contribution >= 4 is 28.3 Å². The Balaban J connectivity index is 2.04. The van der Waals surface area contributed by atoms with Crippen LogP contribution in [0.25, 0.3) is 0 Å². The monoisotopic (exact) mass is 290 g/mol. The minimum atomic E-state index is -0.916. The molecule has 0 saturated heterocycles. The molecule has 0 spiro atoms. The van der Waals surface area contributed by atoms with Crippen molar-refractivity contribution in [2.75, 3.05) is 5.32 Å². The van der Waals surface area contributed by atoms with Crippen molar-refractivity contribution in [3.05, 3.63) is 47.5 Å². The highest BCUT2D eigenvalue weighted by Crippen LogP contribution is 2.24. The van der Waals surface area contributed by atoms with E-state index >= 15 is 0 Å². The molecular formula is C14H14N2O3S. The first-order valence-corrected chi connectivity index (χ1v) is 6.99. The topological polar surface area (TPSA) is 79.3 Å². The van der Waals surface area contributed by atoms with Gasteiger partial charge in [0.05, 0.1) is 6.42 Å². The molecule has 5 nitrogen and oxygen atoms in total. The number of carbonyl (C=O) groups excluding carboxylic acids is 1. The van der Waals surface area contributed by atoms with Crippen LogP contribution in [0.3, 0.4) is 0 Å². The largest absolute Gasteiger partial charge is 0.481 e. The molecule has 0 saturated carbocycles. The summed E-state index contributed by atoms with van der Waals surface area (Å²) in [4.78, 5) is 26.8. The van der Waals surface area contributed by atoms with Gasteiger partial charge in [0, 0.05) is 23.9 Å². The summed E-state index contributed by atoms with van der Waals surface area (Å²) in [6, 6.07) is 9.21. The van der Waals surface area contributed by atoms with Crippen LogP contribution in [0.1, 0.15) is 24.3 Å². The van der Waals surface area contributed by atoms with Crippen molar-refractivity contribution in [1.82, 2.24) is 4.98 Å². The molecule has 6 heteroatoms. The van der Waals surface area contributed by atoms with Crippen LogP contribution in [0.2, 0.25) is 0 Å². The Labute approximate surface area is 120 Å². The summed E-state index contributed by atoms with van der Waals surface area (Å²) < 4.78 is 0. The van der Waals surface area contributed by atoms with Gasteiger partial charge in [-0.05, 0) is 5.56 Å². The Morgan fingerprint density at radius 3 is 2.60 bits per heavy atom. The van der Waals surface area contributed by atoms with Gasteiger partial charge in [-0.3, -0.25) is 9.59 Å². The Hall–Kier alpha value is -2.21. The highest BCUT2D eigenvalue weighted by molar-refractivity contribution is 7.13. The van der Waals surface area contributed by atoms with E-state index < -0.39 is 5.97 Å². The van der Waals surface area contributed by atoms with Gasteiger partial charge in [0.15, 0.2) is 5.13 Å². The molecule has 0 aliphatic heterocycles. The molecule has 1 heterocycles. The number of hydrogen-bond acceptors (Lipinski definition) is 4. The number of carboxylic acids is 1. The number of nitrogens with zero attached hydrogens (tertiary/aromatic N) is 1. The lowest BCUT2D eigenvalue weighted by atomic mass is 9.92. The van der Waals surface area contributed by atoms with E-state index in [1.165, 1.54) is 11.3 Å². The predicted octanol–water partition coefficient (Wildman–Crippen LogP) is 2.73. The van der Waals surface area contributed by atoms with E-state index in [4.69, 9.17) is 5.11 Å². The number of amides is 1. The summed E-state index contributed by atoms with van der Waals surface area (Å²) in [6.45, 7) is 0. The van der Waals surface area contributed by atoms with Crippen LogP contribution in [-0.2, 0) is 9.59 Å². The summed E-state index contributed by atoms with van der Waals surface area (Å²) in [7, 11) is 0. The van der Waals surface area contributed by atoms with E-state index in [2.05, 4.69) is 10.3 Å². The molecule has 0 aliphatic carbocycles. The van der Waals surface area contributed by atoms with Crippen LogP contribution < -0.4 is 5.32 Å². The summed E-state index contributed by atoms with van der Waals surface area (Å²) in [6.07, 6.45) is 1.65. The number of aromatic nitrogens is 1. The molecule has 2 aromatic rings. The molecule has 2 rings (SSSR count). The number of hydrogen-bond donors (Lipinski definition) is 2. The maximum absolute atomic E-state index is 11.9. The smallest absolute Gasteiger partial charge is 0.303 e. The fraction of sp³-hybridized carbons (Fsp3) is 0.214. The van der Waals surface area contributed by atoms with Gasteiger partial charge in [0.25, 0.3) is 0 Å².